The second-order valence-electron chi connectivity index (χ2n) is 4.66. The van der Waals surface area contributed by atoms with Crippen molar-refractivity contribution in [3.63, 3.8) is 0 Å². The fraction of sp³-hybridized carbons (Fsp3) is 0.286. The van der Waals surface area contributed by atoms with Crippen LogP contribution in [0.3, 0.4) is 0 Å². The second kappa shape index (κ2) is 5.60. The van der Waals surface area contributed by atoms with Crippen molar-refractivity contribution in [1.82, 2.24) is 5.32 Å². The number of fused-ring (bicyclic) bond motifs is 1. The molecule has 0 bridgehead atoms. The maximum absolute atomic E-state index is 10.7. The smallest absolute Gasteiger partial charge is 0.324 e. The van der Waals surface area contributed by atoms with E-state index in [1.165, 1.54) is 11.3 Å². The van der Waals surface area contributed by atoms with Gasteiger partial charge in [-0.05, 0) is 11.6 Å². The van der Waals surface area contributed by atoms with Crippen molar-refractivity contribution < 1.29 is 9.66 Å². The molecular weight excluding hydrogens is 276 g/mol. The molecule has 1 unspecified atom stereocenters. The molecule has 6 heteroatoms. The zero-order chi connectivity index (χ0) is 13.9. The summed E-state index contributed by atoms with van der Waals surface area (Å²) < 4.78 is 5.61. The number of ether oxygens (including phenoxy) is 1. The fourth-order valence-electron chi connectivity index (χ4n) is 2.35. The predicted molar refractivity (Wildman–Crippen MR) is 77.1 cm³/mol. The van der Waals surface area contributed by atoms with Crippen LogP contribution >= 0.6 is 11.3 Å². The Morgan fingerprint density at radius 2 is 2.30 bits per heavy atom. The third-order valence-corrected chi connectivity index (χ3v) is 4.26. The molecule has 1 aromatic heterocycles. The zero-order valence-corrected chi connectivity index (χ0v) is 11.6. The van der Waals surface area contributed by atoms with Crippen molar-refractivity contribution in [1.29, 1.82) is 0 Å². The van der Waals surface area contributed by atoms with Crippen LogP contribution in [-0.2, 0) is 6.54 Å². The van der Waals surface area contributed by atoms with Gasteiger partial charge in [0.25, 0.3) is 0 Å². The van der Waals surface area contributed by atoms with Crippen molar-refractivity contribution in [2.75, 3.05) is 6.61 Å². The lowest BCUT2D eigenvalue weighted by Crippen LogP contribution is -2.26. The normalized spacial score (nSPS) is 17.3. The Hall–Kier alpha value is -1.92. The first kappa shape index (κ1) is 13.1. The number of thiophene rings is 1. The van der Waals surface area contributed by atoms with Crippen LogP contribution in [0.5, 0.6) is 5.75 Å². The van der Waals surface area contributed by atoms with Gasteiger partial charge in [0.2, 0.25) is 0 Å². The third kappa shape index (κ3) is 2.66. The van der Waals surface area contributed by atoms with Crippen LogP contribution in [0.1, 0.15) is 23.6 Å². The lowest BCUT2D eigenvalue weighted by Gasteiger charge is -2.26. The summed E-state index contributed by atoms with van der Waals surface area (Å²) in [6, 6.07) is 9.85. The molecule has 1 aromatic carbocycles. The van der Waals surface area contributed by atoms with Gasteiger partial charge in [0.05, 0.1) is 11.5 Å². The van der Waals surface area contributed by atoms with Crippen LogP contribution in [-0.4, -0.2) is 11.5 Å². The number of hydrogen-bond donors (Lipinski definition) is 1. The van der Waals surface area contributed by atoms with E-state index in [0.29, 0.717) is 13.2 Å². The van der Waals surface area contributed by atoms with Gasteiger partial charge in [-0.3, -0.25) is 10.1 Å². The summed E-state index contributed by atoms with van der Waals surface area (Å²) in [5.74, 6) is 0.924. The number of nitro groups is 1. The van der Waals surface area contributed by atoms with Crippen LogP contribution in [0.2, 0.25) is 0 Å². The Kier molecular flexibility index (Phi) is 3.66. The van der Waals surface area contributed by atoms with Crippen LogP contribution < -0.4 is 10.1 Å². The quantitative estimate of drug-likeness (QED) is 0.693. The standard InChI is InChI=1S/C14H14N2O3S/c17-16(18)14-7-10(9-20-14)8-15-12-5-6-19-13-4-2-1-3-11(12)13/h1-4,7,9,12,15H,5-6,8H2. The maximum Gasteiger partial charge on any atom is 0.324 e. The van der Waals surface area contributed by atoms with E-state index in [1.54, 1.807) is 6.07 Å². The van der Waals surface area contributed by atoms with Crippen molar-refractivity contribution >= 4 is 16.3 Å². The van der Waals surface area contributed by atoms with Gasteiger partial charge in [-0.15, -0.1) is 0 Å². The summed E-state index contributed by atoms with van der Waals surface area (Å²) >= 11 is 1.17. The first-order valence-electron chi connectivity index (χ1n) is 6.41. The van der Waals surface area contributed by atoms with Crippen molar-refractivity contribution in [2.45, 2.75) is 19.0 Å². The molecule has 1 aliphatic heterocycles. The molecule has 1 atom stereocenters. The summed E-state index contributed by atoms with van der Waals surface area (Å²) in [6.07, 6.45) is 0.906. The van der Waals surface area contributed by atoms with Crippen LogP contribution in [0, 0.1) is 10.1 Å². The number of nitrogens with zero attached hydrogens (tertiary/aromatic N) is 1. The molecule has 5 nitrogen and oxygen atoms in total. The topological polar surface area (TPSA) is 64.4 Å². The first-order chi connectivity index (χ1) is 9.74. The minimum Gasteiger partial charge on any atom is -0.493 e. The number of rotatable bonds is 4. The van der Waals surface area contributed by atoms with E-state index in [9.17, 15) is 10.1 Å². The maximum atomic E-state index is 10.7. The molecule has 1 aliphatic rings. The van der Waals surface area contributed by atoms with E-state index in [4.69, 9.17) is 4.74 Å². The Labute approximate surface area is 120 Å². The molecule has 0 aliphatic carbocycles. The van der Waals surface area contributed by atoms with Crippen LogP contribution in [0.15, 0.2) is 35.7 Å². The lowest BCUT2D eigenvalue weighted by molar-refractivity contribution is -0.380. The van der Waals surface area contributed by atoms with Gasteiger partial charge in [0.15, 0.2) is 0 Å². The third-order valence-electron chi connectivity index (χ3n) is 3.33. The van der Waals surface area contributed by atoms with Gasteiger partial charge in [-0.1, -0.05) is 29.5 Å². The monoisotopic (exact) mass is 290 g/mol. The van der Waals surface area contributed by atoms with Gasteiger partial charge < -0.3 is 10.1 Å². The highest BCUT2D eigenvalue weighted by Gasteiger charge is 2.20. The molecule has 20 heavy (non-hydrogen) atoms. The molecule has 2 heterocycles. The molecule has 0 radical (unpaired) electrons. The first-order valence-corrected chi connectivity index (χ1v) is 7.29. The van der Waals surface area contributed by atoms with E-state index in [-0.39, 0.29) is 16.0 Å². The summed E-state index contributed by atoms with van der Waals surface area (Å²) in [5.41, 5.74) is 2.11. The van der Waals surface area contributed by atoms with Crippen molar-refractivity contribution in [3.05, 3.63) is 57.0 Å². The summed E-state index contributed by atoms with van der Waals surface area (Å²) in [5, 5.41) is 16.1. The Morgan fingerprint density at radius 3 is 3.10 bits per heavy atom. The van der Waals surface area contributed by atoms with Crippen molar-refractivity contribution in [2.24, 2.45) is 0 Å². The molecule has 0 fully saturated rings. The minimum absolute atomic E-state index is 0.189. The number of para-hydroxylation sites is 1. The molecule has 0 saturated carbocycles. The highest BCUT2D eigenvalue weighted by atomic mass is 32.1. The van der Waals surface area contributed by atoms with Gasteiger partial charge in [0, 0.05) is 36.0 Å². The highest BCUT2D eigenvalue weighted by molar-refractivity contribution is 7.13. The lowest BCUT2D eigenvalue weighted by atomic mass is 10.0. The molecule has 0 amide bonds. The molecule has 0 spiro atoms. The molecule has 1 N–H and O–H groups in total. The molecule has 3 rings (SSSR count). The van der Waals surface area contributed by atoms with E-state index in [0.717, 1.165) is 23.3 Å². The number of hydrogen-bond acceptors (Lipinski definition) is 5. The highest BCUT2D eigenvalue weighted by Crippen LogP contribution is 2.32. The van der Waals surface area contributed by atoms with Gasteiger partial charge in [0.1, 0.15) is 5.75 Å². The SMILES string of the molecule is O=[N+]([O-])c1cc(CNC2CCOc3ccccc32)cs1. The van der Waals surface area contributed by atoms with E-state index in [1.807, 2.05) is 23.6 Å². The minimum atomic E-state index is -0.349. The number of nitrogens with one attached hydrogen (secondary N) is 1. The average Bonchev–Trinajstić information content (AvgIpc) is 2.94. The fourth-order valence-corrected chi connectivity index (χ4v) is 3.08. The Morgan fingerprint density at radius 1 is 1.45 bits per heavy atom. The molecule has 2 aromatic rings. The number of benzene rings is 1. The van der Waals surface area contributed by atoms with E-state index in [2.05, 4.69) is 11.4 Å². The molecular formula is C14H14N2O3S. The predicted octanol–water partition coefficient (Wildman–Crippen LogP) is 3.27. The van der Waals surface area contributed by atoms with Crippen LogP contribution in [0.4, 0.5) is 5.00 Å². The summed E-state index contributed by atoms with van der Waals surface area (Å²) in [4.78, 5) is 10.3. The average molecular weight is 290 g/mol. The van der Waals surface area contributed by atoms with E-state index < -0.39 is 0 Å². The molecule has 0 saturated heterocycles. The van der Waals surface area contributed by atoms with Gasteiger partial charge >= 0.3 is 5.00 Å². The second-order valence-corrected chi connectivity index (χ2v) is 5.55. The Bertz CT molecular complexity index is 626. The summed E-state index contributed by atoms with van der Waals surface area (Å²) in [6.45, 7) is 1.32. The van der Waals surface area contributed by atoms with Crippen LogP contribution in [0.25, 0.3) is 0 Å². The van der Waals surface area contributed by atoms with Gasteiger partial charge in [-0.25, -0.2) is 0 Å². The summed E-state index contributed by atoms with van der Waals surface area (Å²) in [7, 11) is 0. The Balaban J connectivity index is 1.68. The zero-order valence-electron chi connectivity index (χ0n) is 10.7. The van der Waals surface area contributed by atoms with Crippen molar-refractivity contribution in [3.8, 4) is 5.75 Å². The largest absolute Gasteiger partial charge is 0.493 e. The van der Waals surface area contributed by atoms with E-state index >= 15 is 0 Å². The molecule has 104 valence electrons. The van der Waals surface area contributed by atoms with Gasteiger partial charge in [-0.2, -0.15) is 0 Å².